The number of rotatable bonds is 2. The molecule has 0 amide bonds. The molecule has 0 heterocycles. The van der Waals surface area contributed by atoms with E-state index in [0.29, 0.717) is 11.1 Å². The average Bonchev–Trinajstić information content (AvgIpc) is 2.51. The van der Waals surface area contributed by atoms with Crippen LogP contribution in [0.5, 0.6) is 0 Å². The van der Waals surface area contributed by atoms with Gasteiger partial charge in [0.1, 0.15) is 0 Å². The van der Waals surface area contributed by atoms with Crippen molar-refractivity contribution < 1.29 is 47.5 Å². The number of carboxylic acids is 2. The number of hydrogen-bond acceptors (Lipinski definition) is 4. The largest absolute Gasteiger partial charge is 2.00 e. The Kier molecular flexibility index (Phi) is 9.40. The van der Waals surface area contributed by atoms with Crippen LogP contribution in [-0.4, -0.2) is 11.9 Å². The first kappa shape index (κ1) is 25.3. The van der Waals surface area contributed by atoms with Crippen molar-refractivity contribution in [2.75, 3.05) is 0 Å². The fourth-order valence-electron chi connectivity index (χ4n) is 3.05. The number of carbonyl (C=O) groups excluding carboxylic acids is 2. The Balaban J connectivity index is 0.000000483. The van der Waals surface area contributed by atoms with E-state index in [9.17, 15) is 19.8 Å². The Morgan fingerprint density at radius 1 is 0.556 bits per heavy atom. The Morgan fingerprint density at radius 3 is 0.889 bits per heavy atom. The summed E-state index contributed by atoms with van der Waals surface area (Å²) in [6.07, 6.45) is 0. The molecule has 2 aromatic carbocycles. The SMILES string of the molecule is Cc1cc(C)c(C)c(C(=O)[O-])c1C.Cc1cc(C)c(C)c(C(=O)[O-])c1C.[Hg+2]. The van der Waals surface area contributed by atoms with Crippen molar-refractivity contribution in [1.82, 2.24) is 0 Å². The van der Waals surface area contributed by atoms with Gasteiger partial charge in [-0.15, -0.1) is 0 Å². The second-order valence-corrected chi connectivity index (χ2v) is 6.85. The molecule has 0 aliphatic heterocycles. The van der Waals surface area contributed by atoms with Crippen LogP contribution >= 0.6 is 0 Å². The minimum atomic E-state index is -1.08. The molecule has 0 aromatic heterocycles. The summed E-state index contributed by atoms with van der Waals surface area (Å²) in [6, 6.07) is 3.99. The first-order valence-corrected chi connectivity index (χ1v) is 8.47. The van der Waals surface area contributed by atoms with Gasteiger partial charge >= 0.3 is 27.7 Å². The number of benzene rings is 2. The summed E-state index contributed by atoms with van der Waals surface area (Å²) in [4.78, 5) is 21.7. The van der Waals surface area contributed by atoms with E-state index >= 15 is 0 Å². The molecule has 5 heteroatoms. The van der Waals surface area contributed by atoms with Gasteiger partial charge in [-0.25, -0.2) is 0 Å². The van der Waals surface area contributed by atoms with Crippen molar-refractivity contribution >= 4 is 11.9 Å². The predicted molar refractivity (Wildman–Crippen MR) is 99.4 cm³/mol. The molecule has 2 aromatic rings. The standard InChI is InChI=1S/2C11H14O2.Hg/c2*1-6-5-7(2)9(4)10(8(6)3)11(12)13;/h2*5H,1-4H3,(H,12,13);/q;;+2/p-2. The third-order valence-corrected chi connectivity index (χ3v) is 5.14. The number of aryl methyl sites for hydroxylation is 4. The van der Waals surface area contributed by atoms with E-state index in [1.54, 1.807) is 0 Å². The van der Waals surface area contributed by atoms with Crippen LogP contribution in [0.4, 0.5) is 0 Å². The van der Waals surface area contributed by atoms with E-state index in [-0.39, 0.29) is 27.7 Å². The summed E-state index contributed by atoms with van der Waals surface area (Å²) < 4.78 is 0. The Morgan fingerprint density at radius 2 is 0.741 bits per heavy atom. The van der Waals surface area contributed by atoms with Crippen LogP contribution in [0.2, 0.25) is 0 Å². The van der Waals surface area contributed by atoms with Crippen molar-refractivity contribution in [2.24, 2.45) is 0 Å². The minimum absolute atomic E-state index is 0. The van der Waals surface area contributed by atoms with Gasteiger partial charge in [0.15, 0.2) is 0 Å². The molecule has 0 aliphatic rings. The maximum absolute atomic E-state index is 10.8. The van der Waals surface area contributed by atoms with Gasteiger partial charge in [-0.2, -0.15) is 0 Å². The van der Waals surface area contributed by atoms with Gasteiger partial charge in [0.2, 0.25) is 0 Å². The average molecular weight is 555 g/mol. The molecule has 0 N–H and O–H groups in total. The molecular weight excluding hydrogens is 529 g/mol. The zero-order valence-electron chi connectivity index (χ0n) is 17.5. The van der Waals surface area contributed by atoms with Crippen molar-refractivity contribution in [1.29, 1.82) is 0 Å². The van der Waals surface area contributed by atoms with Gasteiger partial charge < -0.3 is 19.8 Å². The topological polar surface area (TPSA) is 80.3 Å². The van der Waals surface area contributed by atoms with Crippen LogP contribution in [-0.2, 0) is 27.7 Å². The Labute approximate surface area is 182 Å². The van der Waals surface area contributed by atoms with Gasteiger partial charge in [-0.1, -0.05) is 12.1 Å². The first-order valence-electron chi connectivity index (χ1n) is 8.47. The monoisotopic (exact) mass is 556 g/mol. The molecule has 0 unspecified atom stereocenters. The molecule has 0 spiro atoms. The van der Waals surface area contributed by atoms with Crippen LogP contribution < -0.4 is 10.2 Å². The van der Waals surface area contributed by atoms with Gasteiger partial charge in [0.25, 0.3) is 0 Å². The fraction of sp³-hybridized carbons (Fsp3) is 0.364. The molecule has 0 aliphatic carbocycles. The summed E-state index contributed by atoms with van der Waals surface area (Å²) >= 11 is 0. The quantitative estimate of drug-likeness (QED) is 0.535. The summed E-state index contributed by atoms with van der Waals surface area (Å²) in [5.41, 5.74) is 7.93. The smallest absolute Gasteiger partial charge is 0.545 e. The molecule has 0 fully saturated rings. The van der Waals surface area contributed by atoms with Crippen LogP contribution in [0.25, 0.3) is 0 Å². The van der Waals surface area contributed by atoms with Gasteiger partial charge in [0, 0.05) is 11.1 Å². The minimum Gasteiger partial charge on any atom is -0.545 e. The van der Waals surface area contributed by atoms with E-state index in [1.165, 1.54) is 0 Å². The van der Waals surface area contributed by atoms with Crippen molar-refractivity contribution in [3.63, 3.8) is 0 Å². The third kappa shape index (κ3) is 5.64. The summed E-state index contributed by atoms with van der Waals surface area (Å²) in [5, 5.41) is 21.7. The maximum atomic E-state index is 10.8. The molecule has 27 heavy (non-hydrogen) atoms. The molecule has 2 rings (SSSR count). The molecule has 0 saturated carbocycles. The number of carboxylic acid groups (broad SMARTS) is 2. The zero-order valence-corrected chi connectivity index (χ0v) is 23.0. The first-order chi connectivity index (χ1) is 11.9. The molecule has 0 saturated heterocycles. The molecule has 140 valence electrons. The van der Waals surface area contributed by atoms with Gasteiger partial charge in [-0.3, -0.25) is 0 Å². The van der Waals surface area contributed by atoms with Crippen LogP contribution in [0.3, 0.4) is 0 Å². The summed E-state index contributed by atoms with van der Waals surface area (Å²) in [7, 11) is 0. The second kappa shape index (κ2) is 10.0. The van der Waals surface area contributed by atoms with Gasteiger partial charge in [-0.05, 0) is 99.9 Å². The number of aromatic carboxylic acids is 2. The van der Waals surface area contributed by atoms with Crippen molar-refractivity contribution in [2.45, 2.75) is 55.4 Å². The summed E-state index contributed by atoms with van der Waals surface area (Å²) in [6.45, 7) is 14.9. The fourth-order valence-corrected chi connectivity index (χ4v) is 3.05. The van der Waals surface area contributed by atoms with E-state index in [4.69, 9.17) is 0 Å². The van der Waals surface area contributed by atoms with Crippen LogP contribution in [0, 0.1) is 55.4 Å². The second-order valence-electron chi connectivity index (χ2n) is 6.85. The zero-order chi connectivity index (χ0) is 20.3. The maximum Gasteiger partial charge on any atom is 2.00 e. The van der Waals surface area contributed by atoms with E-state index < -0.39 is 11.9 Å². The molecule has 0 bridgehead atoms. The molecule has 0 radical (unpaired) electrons. The number of hydrogen-bond donors (Lipinski definition) is 0. The molecule has 0 atom stereocenters. The van der Waals surface area contributed by atoms with Crippen molar-refractivity contribution in [3.05, 3.63) is 67.8 Å². The van der Waals surface area contributed by atoms with Gasteiger partial charge in [0.05, 0.1) is 11.9 Å². The Hall–Kier alpha value is -1.68. The van der Waals surface area contributed by atoms with E-state index in [1.807, 2.05) is 67.5 Å². The van der Waals surface area contributed by atoms with Crippen LogP contribution in [0.15, 0.2) is 12.1 Å². The summed E-state index contributed by atoms with van der Waals surface area (Å²) in [5.74, 6) is -2.16. The normalized spacial score (nSPS) is 9.78. The molecular formula is C22H26HgO4. The van der Waals surface area contributed by atoms with E-state index in [0.717, 1.165) is 44.5 Å². The third-order valence-electron chi connectivity index (χ3n) is 5.14. The number of carbonyl (C=O) groups is 2. The predicted octanol–water partition coefficient (Wildman–Crippen LogP) is 2.57. The van der Waals surface area contributed by atoms with Crippen LogP contribution in [0.1, 0.15) is 65.2 Å². The van der Waals surface area contributed by atoms with E-state index in [2.05, 4.69) is 0 Å². The molecule has 4 nitrogen and oxygen atoms in total. The van der Waals surface area contributed by atoms with Crippen molar-refractivity contribution in [3.8, 4) is 0 Å². The Bertz CT molecular complexity index is 757.